The molecule has 1 aliphatic heterocycles. The van der Waals surface area contributed by atoms with E-state index < -0.39 is 31.6 Å². The van der Waals surface area contributed by atoms with Gasteiger partial charge in [-0.15, -0.1) is 0 Å². The number of carbonyl (C=O) groups is 1. The van der Waals surface area contributed by atoms with Gasteiger partial charge in [-0.25, -0.2) is 9.18 Å². The minimum atomic E-state index is -4.36. The molecule has 0 spiro atoms. The zero-order valence-corrected chi connectivity index (χ0v) is 10.1. The average molecular weight is 275 g/mol. The first-order valence-corrected chi connectivity index (χ1v) is 6.89. The Morgan fingerprint density at radius 3 is 2.78 bits per heavy atom. The van der Waals surface area contributed by atoms with E-state index in [9.17, 15) is 13.8 Å². The quantitative estimate of drug-likeness (QED) is 0.406. The molecular formula is C10H11FNO5P. The van der Waals surface area contributed by atoms with Gasteiger partial charge in [-0.3, -0.25) is 4.57 Å². The molecule has 1 unspecified atom stereocenters. The van der Waals surface area contributed by atoms with Crippen LogP contribution in [-0.4, -0.2) is 21.8 Å². The van der Waals surface area contributed by atoms with Gasteiger partial charge in [-0.1, -0.05) is 0 Å². The van der Waals surface area contributed by atoms with Crippen molar-refractivity contribution in [1.82, 2.24) is 0 Å². The molecule has 2 rings (SSSR count). The van der Waals surface area contributed by atoms with Crippen molar-refractivity contribution < 1.29 is 28.3 Å². The molecule has 1 atom stereocenters. The standard InChI is InChI=1S/C10H11FNO5P/c11-7-3-9-5(2-8(12)10(13)17-9)1-6(7)4-18(14,15)16/h1,3,8H,2,4,12H2,(H2,14,15,16). The van der Waals surface area contributed by atoms with Crippen molar-refractivity contribution in [3.63, 3.8) is 0 Å². The van der Waals surface area contributed by atoms with Crippen LogP contribution in [0.3, 0.4) is 0 Å². The predicted octanol–water partition coefficient (Wildman–Crippen LogP) is 0.292. The van der Waals surface area contributed by atoms with Crippen LogP contribution in [0.1, 0.15) is 11.1 Å². The second-order valence-electron chi connectivity index (χ2n) is 4.11. The minimum absolute atomic E-state index is 0.0497. The summed E-state index contributed by atoms with van der Waals surface area (Å²) in [6.45, 7) is 0. The van der Waals surface area contributed by atoms with Gasteiger partial charge in [0.25, 0.3) is 0 Å². The van der Waals surface area contributed by atoms with Gasteiger partial charge in [0.05, 0.1) is 6.16 Å². The number of esters is 1. The molecule has 0 bridgehead atoms. The molecular weight excluding hydrogens is 264 g/mol. The number of rotatable bonds is 2. The van der Waals surface area contributed by atoms with Crippen LogP contribution >= 0.6 is 7.60 Å². The van der Waals surface area contributed by atoms with Gasteiger partial charge in [0, 0.05) is 18.1 Å². The Labute approximate surface area is 102 Å². The number of fused-ring (bicyclic) bond motifs is 1. The summed E-state index contributed by atoms with van der Waals surface area (Å²) in [5.41, 5.74) is 5.83. The zero-order chi connectivity index (χ0) is 13.5. The highest BCUT2D eigenvalue weighted by atomic mass is 31.2. The first-order valence-electron chi connectivity index (χ1n) is 5.09. The molecule has 8 heteroatoms. The molecule has 1 aromatic carbocycles. The second kappa shape index (κ2) is 4.44. The van der Waals surface area contributed by atoms with Crippen molar-refractivity contribution in [2.75, 3.05) is 0 Å². The van der Waals surface area contributed by atoms with E-state index in [1.165, 1.54) is 6.07 Å². The van der Waals surface area contributed by atoms with Crippen LogP contribution in [0.4, 0.5) is 4.39 Å². The Morgan fingerprint density at radius 1 is 1.50 bits per heavy atom. The topological polar surface area (TPSA) is 110 Å². The molecule has 1 aliphatic rings. The number of ether oxygens (including phenoxy) is 1. The number of benzene rings is 1. The van der Waals surface area contributed by atoms with Crippen LogP contribution in [0.15, 0.2) is 12.1 Å². The summed E-state index contributed by atoms with van der Waals surface area (Å²) < 4.78 is 29.2. The van der Waals surface area contributed by atoms with E-state index in [0.717, 1.165) is 6.07 Å². The fourth-order valence-electron chi connectivity index (χ4n) is 1.75. The third-order valence-corrected chi connectivity index (χ3v) is 3.31. The SMILES string of the molecule is NC1Cc2cc(CP(=O)(O)O)c(F)cc2OC1=O. The lowest BCUT2D eigenvalue weighted by Crippen LogP contribution is -2.39. The lowest BCUT2D eigenvalue weighted by Gasteiger charge is -2.21. The Morgan fingerprint density at radius 2 is 2.17 bits per heavy atom. The number of carbonyl (C=O) groups excluding carboxylic acids is 1. The lowest BCUT2D eigenvalue weighted by atomic mass is 10.0. The van der Waals surface area contributed by atoms with Gasteiger partial charge in [-0.05, 0) is 11.6 Å². The lowest BCUT2D eigenvalue weighted by molar-refractivity contribution is -0.136. The molecule has 18 heavy (non-hydrogen) atoms. The van der Waals surface area contributed by atoms with Gasteiger partial charge < -0.3 is 20.3 Å². The third-order valence-electron chi connectivity index (χ3n) is 2.56. The smallest absolute Gasteiger partial charge is 0.330 e. The largest absolute Gasteiger partial charge is 0.425 e. The van der Waals surface area contributed by atoms with Crippen molar-refractivity contribution >= 4 is 13.6 Å². The maximum absolute atomic E-state index is 13.6. The second-order valence-corrected chi connectivity index (χ2v) is 5.75. The number of halogens is 1. The Kier molecular flexibility index (Phi) is 3.25. The maximum Gasteiger partial charge on any atom is 0.330 e. The van der Waals surface area contributed by atoms with Gasteiger partial charge >= 0.3 is 13.6 Å². The summed E-state index contributed by atoms with van der Waals surface area (Å²) >= 11 is 0. The van der Waals surface area contributed by atoms with Crippen LogP contribution in [0.25, 0.3) is 0 Å². The highest BCUT2D eigenvalue weighted by Crippen LogP contribution is 2.41. The van der Waals surface area contributed by atoms with E-state index in [2.05, 4.69) is 0 Å². The summed E-state index contributed by atoms with van der Waals surface area (Å²) in [4.78, 5) is 28.8. The molecule has 6 nitrogen and oxygen atoms in total. The van der Waals surface area contributed by atoms with Crippen LogP contribution in [-0.2, 0) is 21.9 Å². The van der Waals surface area contributed by atoms with Gasteiger partial charge in [-0.2, -0.15) is 0 Å². The first kappa shape index (κ1) is 13.2. The molecule has 0 saturated carbocycles. The molecule has 1 heterocycles. The highest BCUT2D eigenvalue weighted by Gasteiger charge is 2.27. The summed E-state index contributed by atoms with van der Waals surface area (Å²) in [5.74, 6) is -1.42. The molecule has 0 saturated heterocycles. The van der Waals surface area contributed by atoms with E-state index in [4.69, 9.17) is 20.3 Å². The Balaban J connectivity index is 2.39. The van der Waals surface area contributed by atoms with E-state index >= 15 is 0 Å². The normalized spacial score (nSPS) is 19.3. The molecule has 4 N–H and O–H groups in total. The van der Waals surface area contributed by atoms with Crippen molar-refractivity contribution in [2.24, 2.45) is 5.73 Å². The van der Waals surface area contributed by atoms with E-state index in [-0.39, 0.29) is 17.7 Å². The van der Waals surface area contributed by atoms with Crippen molar-refractivity contribution in [1.29, 1.82) is 0 Å². The van der Waals surface area contributed by atoms with Gasteiger partial charge in [0.2, 0.25) is 0 Å². The number of hydrogen-bond acceptors (Lipinski definition) is 4. The van der Waals surface area contributed by atoms with Gasteiger partial charge in [0.1, 0.15) is 17.6 Å². The zero-order valence-electron chi connectivity index (χ0n) is 9.17. The van der Waals surface area contributed by atoms with Crippen LogP contribution < -0.4 is 10.5 Å². The van der Waals surface area contributed by atoms with E-state index in [1.807, 2.05) is 0 Å². The average Bonchev–Trinajstić information content (AvgIpc) is 2.20. The van der Waals surface area contributed by atoms with Crippen LogP contribution in [0, 0.1) is 5.82 Å². The molecule has 0 amide bonds. The minimum Gasteiger partial charge on any atom is -0.425 e. The molecule has 98 valence electrons. The summed E-state index contributed by atoms with van der Waals surface area (Å²) in [6, 6.07) is 1.38. The molecule has 1 aromatic rings. The van der Waals surface area contributed by atoms with Crippen LogP contribution in [0.2, 0.25) is 0 Å². The fraction of sp³-hybridized carbons (Fsp3) is 0.300. The van der Waals surface area contributed by atoms with Crippen molar-refractivity contribution in [3.8, 4) is 5.75 Å². The molecule has 0 aromatic heterocycles. The van der Waals surface area contributed by atoms with E-state index in [0.29, 0.717) is 5.56 Å². The molecule has 0 fully saturated rings. The monoisotopic (exact) mass is 275 g/mol. The third kappa shape index (κ3) is 2.76. The first-order chi connectivity index (χ1) is 8.26. The van der Waals surface area contributed by atoms with Crippen molar-refractivity contribution in [3.05, 3.63) is 29.1 Å². The Hall–Kier alpha value is -1.27. The summed E-state index contributed by atoms with van der Waals surface area (Å²) in [7, 11) is -4.36. The molecule has 0 aliphatic carbocycles. The molecule has 0 radical (unpaired) electrons. The van der Waals surface area contributed by atoms with E-state index in [1.54, 1.807) is 0 Å². The van der Waals surface area contributed by atoms with Crippen molar-refractivity contribution in [2.45, 2.75) is 18.6 Å². The summed E-state index contributed by atoms with van der Waals surface area (Å²) in [5, 5.41) is 0. The Bertz CT molecular complexity index is 555. The fourth-order valence-corrected chi connectivity index (χ4v) is 2.44. The van der Waals surface area contributed by atoms with Gasteiger partial charge in [0.15, 0.2) is 0 Å². The number of nitrogens with two attached hydrogens (primary N) is 1. The highest BCUT2D eigenvalue weighted by molar-refractivity contribution is 7.50. The maximum atomic E-state index is 13.6. The predicted molar refractivity (Wildman–Crippen MR) is 59.5 cm³/mol. The van der Waals surface area contributed by atoms with Crippen LogP contribution in [0.5, 0.6) is 5.75 Å². The number of hydrogen-bond donors (Lipinski definition) is 3. The summed E-state index contributed by atoms with van der Waals surface area (Å²) in [6.07, 6.45) is -0.544.